The molecule has 3 heterocycles. The molecule has 3 aromatic rings. The molecule has 8 nitrogen and oxygen atoms in total. The summed E-state index contributed by atoms with van der Waals surface area (Å²) in [6, 6.07) is 12.7. The summed E-state index contributed by atoms with van der Waals surface area (Å²) in [6.07, 6.45) is 4.19. The van der Waals surface area contributed by atoms with Gasteiger partial charge in [0.15, 0.2) is 17.4 Å². The van der Waals surface area contributed by atoms with Crippen molar-refractivity contribution in [3.63, 3.8) is 0 Å². The first-order chi connectivity index (χ1) is 17.1. The number of aliphatic hydroxyl groups excluding tert-OH is 1. The van der Waals surface area contributed by atoms with Gasteiger partial charge < -0.3 is 34.5 Å². The van der Waals surface area contributed by atoms with Gasteiger partial charge in [-0.3, -0.25) is 4.79 Å². The van der Waals surface area contributed by atoms with Crippen LogP contribution >= 0.6 is 0 Å². The van der Waals surface area contributed by atoms with Crippen LogP contribution in [0, 0.1) is 0 Å². The van der Waals surface area contributed by atoms with Gasteiger partial charge in [-0.2, -0.15) is 0 Å². The van der Waals surface area contributed by atoms with Gasteiger partial charge in [0, 0.05) is 36.5 Å². The molecule has 2 atom stereocenters. The second-order valence-electron chi connectivity index (χ2n) is 9.37. The molecular formula is C27H33N3O5. The predicted molar refractivity (Wildman–Crippen MR) is 133 cm³/mol. The lowest BCUT2D eigenvalue weighted by atomic mass is 10.0. The van der Waals surface area contributed by atoms with E-state index in [1.165, 1.54) is 0 Å². The number of amides is 1. The highest BCUT2D eigenvalue weighted by Crippen LogP contribution is 2.33. The van der Waals surface area contributed by atoms with Crippen LogP contribution in [0.15, 0.2) is 48.7 Å². The molecule has 8 heteroatoms. The predicted octanol–water partition coefficient (Wildman–Crippen LogP) is 3.21. The second-order valence-corrected chi connectivity index (χ2v) is 9.37. The lowest BCUT2D eigenvalue weighted by Crippen LogP contribution is -2.46. The van der Waals surface area contributed by atoms with Crippen LogP contribution in [0.5, 0.6) is 17.4 Å². The highest BCUT2D eigenvalue weighted by molar-refractivity contribution is 5.87. The average Bonchev–Trinajstić information content (AvgIpc) is 3.51. The molecule has 1 saturated heterocycles. The van der Waals surface area contributed by atoms with Crippen LogP contribution in [-0.4, -0.2) is 64.5 Å². The number of aryl methyl sites for hydroxylation is 1. The molecule has 0 unspecified atom stereocenters. The lowest BCUT2D eigenvalue weighted by molar-refractivity contribution is -0.123. The lowest BCUT2D eigenvalue weighted by Gasteiger charge is -2.29. The van der Waals surface area contributed by atoms with Crippen molar-refractivity contribution in [2.45, 2.75) is 44.4 Å². The fourth-order valence-corrected chi connectivity index (χ4v) is 5.00. The first-order valence-electron chi connectivity index (χ1n) is 12.4. The molecule has 1 aromatic heterocycles. The second kappa shape index (κ2) is 10.6. The third-order valence-electron chi connectivity index (χ3n) is 6.86. The number of ether oxygens (including phenoxy) is 2. The number of carbonyl (C=O) groups is 1. The van der Waals surface area contributed by atoms with Crippen molar-refractivity contribution in [3.8, 4) is 17.4 Å². The van der Waals surface area contributed by atoms with E-state index in [2.05, 4.69) is 10.2 Å². The summed E-state index contributed by atoms with van der Waals surface area (Å²) < 4.78 is 13.1. The Morgan fingerprint density at radius 1 is 1.06 bits per heavy atom. The molecular weight excluding hydrogens is 446 g/mol. The fourth-order valence-electron chi connectivity index (χ4n) is 5.00. The Bertz CT molecular complexity index is 1170. The molecule has 2 aliphatic heterocycles. The topological polar surface area (TPSA) is 96.2 Å². The summed E-state index contributed by atoms with van der Waals surface area (Å²) in [5.41, 5.74) is 0.697. The van der Waals surface area contributed by atoms with Gasteiger partial charge >= 0.3 is 0 Å². The van der Waals surface area contributed by atoms with E-state index >= 15 is 0 Å². The smallest absolute Gasteiger partial charge is 0.220 e. The van der Waals surface area contributed by atoms with Crippen LogP contribution in [0.25, 0.3) is 10.8 Å². The van der Waals surface area contributed by atoms with Crippen molar-refractivity contribution >= 4 is 16.7 Å². The van der Waals surface area contributed by atoms with Gasteiger partial charge in [0.2, 0.25) is 5.91 Å². The SMILES string of the molecule is O=C(CCCn1cc2ccccc2c1O)N[C@H](CN1CCCC1)[C@H](O)c1ccc2c(c1)OCCO2. The van der Waals surface area contributed by atoms with Gasteiger partial charge in [0.05, 0.1) is 6.04 Å². The summed E-state index contributed by atoms with van der Waals surface area (Å²) in [4.78, 5) is 15.2. The van der Waals surface area contributed by atoms with E-state index in [-0.39, 0.29) is 11.8 Å². The maximum atomic E-state index is 12.9. The monoisotopic (exact) mass is 479 g/mol. The largest absolute Gasteiger partial charge is 0.494 e. The number of nitrogens with zero attached hydrogens (tertiary/aromatic N) is 2. The molecule has 0 spiro atoms. The number of hydrogen-bond donors (Lipinski definition) is 3. The number of likely N-dealkylation sites (tertiary alicyclic amines) is 1. The van der Waals surface area contributed by atoms with E-state index < -0.39 is 12.1 Å². The van der Waals surface area contributed by atoms with Crippen molar-refractivity contribution in [1.29, 1.82) is 0 Å². The molecule has 0 saturated carbocycles. The standard InChI is InChI=1S/C27H33N3O5/c31-25(8-5-13-30-17-20-6-1-2-7-21(20)27(30)33)28-22(18-29-11-3-4-12-29)26(32)19-9-10-23-24(16-19)35-15-14-34-23/h1-2,6-7,9-10,16-17,22,26,32-33H,3-5,8,11-15,18H2,(H,28,31)/t22-,26-/m1/s1. The third-order valence-corrected chi connectivity index (χ3v) is 6.86. The number of aromatic hydroxyl groups is 1. The van der Waals surface area contributed by atoms with E-state index in [0.29, 0.717) is 56.2 Å². The first kappa shape index (κ1) is 23.5. The van der Waals surface area contributed by atoms with Crippen LogP contribution in [0.1, 0.15) is 37.4 Å². The molecule has 5 rings (SSSR count). The summed E-state index contributed by atoms with van der Waals surface area (Å²) in [6.45, 7) is 4.06. The van der Waals surface area contributed by atoms with E-state index in [1.807, 2.05) is 48.7 Å². The number of hydrogen-bond acceptors (Lipinski definition) is 6. The van der Waals surface area contributed by atoms with Crippen molar-refractivity contribution in [1.82, 2.24) is 14.8 Å². The van der Waals surface area contributed by atoms with Crippen LogP contribution in [0.3, 0.4) is 0 Å². The van der Waals surface area contributed by atoms with Crippen molar-refractivity contribution in [3.05, 3.63) is 54.2 Å². The van der Waals surface area contributed by atoms with Crippen LogP contribution in [0.2, 0.25) is 0 Å². The molecule has 35 heavy (non-hydrogen) atoms. The molecule has 0 radical (unpaired) electrons. The summed E-state index contributed by atoms with van der Waals surface area (Å²) >= 11 is 0. The Kier molecular flexibility index (Phi) is 7.11. The first-order valence-corrected chi connectivity index (χ1v) is 12.4. The summed E-state index contributed by atoms with van der Waals surface area (Å²) in [5, 5.41) is 26.5. The van der Waals surface area contributed by atoms with Crippen molar-refractivity contribution in [2.75, 3.05) is 32.8 Å². The number of aromatic nitrogens is 1. The number of carbonyl (C=O) groups excluding carboxylic acids is 1. The van der Waals surface area contributed by atoms with Gasteiger partial charge in [-0.1, -0.05) is 24.3 Å². The molecule has 2 aliphatic rings. The fraction of sp³-hybridized carbons (Fsp3) is 0.444. The van der Waals surface area contributed by atoms with Crippen LogP contribution in [0.4, 0.5) is 0 Å². The van der Waals surface area contributed by atoms with Crippen molar-refractivity contribution < 1.29 is 24.5 Å². The maximum absolute atomic E-state index is 12.9. The Hall–Kier alpha value is -3.23. The van der Waals surface area contributed by atoms with E-state index in [0.717, 1.165) is 36.7 Å². The van der Waals surface area contributed by atoms with Gasteiger partial charge in [-0.25, -0.2) is 0 Å². The van der Waals surface area contributed by atoms with Crippen LogP contribution in [-0.2, 0) is 11.3 Å². The number of fused-ring (bicyclic) bond motifs is 2. The quantitative estimate of drug-likeness (QED) is 0.436. The Morgan fingerprint density at radius 3 is 2.63 bits per heavy atom. The normalized spacial score (nSPS) is 17.4. The summed E-state index contributed by atoms with van der Waals surface area (Å²) in [5.74, 6) is 1.41. The zero-order chi connectivity index (χ0) is 24.2. The number of nitrogens with one attached hydrogen (secondary N) is 1. The third kappa shape index (κ3) is 5.39. The maximum Gasteiger partial charge on any atom is 0.220 e. The van der Waals surface area contributed by atoms with Gasteiger partial charge in [-0.15, -0.1) is 0 Å². The Balaban J connectivity index is 1.22. The van der Waals surface area contributed by atoms with Crippen molar-refractivity contribution in [2.24, 2.45) is 0 Å². The minimum absolute atomic E-state index is 0.109. The molecule has 0 bridgehead atoms. The number of rotatable bonds is 9. The summed E-state index contributed by atoms with van der Waals surface area (Å²) in [7, 11) is 0. The van der Waals surface area contributed by atoms with E-state index in [9.17, 15) is 15.0 Å². The van der Waals surface area contributed by atoms with Gasteiger partial charge in [0.1, 0.15) is 19.3 Å². The highest BCUT2D eigenvalue weighted by atomic mass is 16.6. The molecule has 1 amide bonds. The van der Waals surface area contributed by atoms with Crippen LogP contribution < -0.4 is 14.8 Å². The molecule has 3 N–H and O–H groups in total. The van der Waals surface area contributed by atoms with Gasteiger partial charge in [0.25, 0.3) is 0 Å². The van der Waals surface area contributed by atoms with E-state index in [4.69, 9.17) is 9.47 Å². The Morgan fingerprint density at radius 2 is 1.83 bits per heavy atom. The minimum atomic E-state index is -0.867. The number of aliphatic hydroxyl groups is 1. The molecule has 186 valence electrons. The van der Waals surface area contributed by atoms with E-state index in [1.54, 1.807) is 4.57 Å². The minimum Gasteiger partial charge on any atom is -0.494 e. The Labute approximate surface area is 205 Å². The highest BCUT2D eigenvalue weighted by Gasteiger charge is 2.27. The zero-order valence-electron chi connectivity index (χ0n) is 19.9. The zero-order valence-corrected chi connectivity index (χ0v) is 19.9. The average molecular weight is 480 g/mol. The van der Waals surface area contributed by atoms with Gasteiger partial charge in [-0.05, 0) is 56.1 Å². The number of benzene rings is 2. The molecule has 1 fully saturated rings. The molecule has 2 aromatic carbocycles. The molecule has 0 aliphatic carbocycles.